The molecule has 1 amide bonds. The van der Waals surface area contributed by atoms with Crippen LogP contribution in [-0.2, 0) is 19.1 Å². The van der Waals surface area contributed by atoms with E-state index in [0.29, 0.717) is 16.4 Å². The van der Waals surface area contributed by atoms with Crippen molar-refractivity contribution in [1.29, 1.82) is 0 Å². The fraction of sp³-hybridized carbons (Fsp3) is 0.200. The number of carbonyl (C=O) groups is 3. The molecule has 1 saturated heterocycles. The number of anilines is 2. The molecule has 144 valence electrons. The van der Waals surface area contributed by atoms with Crippen LogP contribution >= 0.6 is 11.6 Å². The molecule has 0 aromatic heterocycles. The number of hydrogen-bond acceptors (Lipinski definition) is 6. The van der Waals surface area contributed by atoms with E-state index in [1.165, 1.54) is 6.92 Å². The van der Waals surface area contributed by atoms with Crippen LogP contribution in [0.5, 0.6) is 0 Å². The van der Waals surface area contributed by atoms with Gasteiger partial charge in [-0.2, -0.15) is 5.10 Å². The van der Waals surface area contributed by atoms with Crippen molar-refractivity contribution >= 4 is 46.3 Å². The van der Waals surface area contributed by atoms with Crippen LogP contribution < -0.4 is 10.3 Å². The van der Waals surface area contributed by atoms with Crippen molar-refractivity contribution in [3.8, 4) is 0 Å². The van der Waals surface area contributed by atoms with E-state index in [1.54, 1.807) is 61.5 Å². The molecule has 1 aliphatic rings. The normalized spacial score (nSPS) is 20.5. The molecule has 0 bridgehead atoms. The molecule has 1 atom stereocenters. The van der Waals surface area contributed by atoms with Gasteiger partial charge in [-0.3, -0.25) is 19.9 Å². The SMILES string of the molecule is CCOC(=O)[C@@]1(C)/C(=N/Nc2cccc(Cl)c2)C(=O)C(=O)N1c1ccccc1. The summed E-state index contributed by atoms with van der Waals surface area (Å²) in [7, 11) is 0. The number of hydrogen-bond donors (Lipinski definition) is 1. The number of para-hydroxylation sites is 1. The third-order valence-electron chi connectivity index (χ3n) is 4.33. The Hall–Kier alpha value is -3.19. The van der Waals surface area contributed by atoms with Crippen molar-refractivity contribution in [1.82, 2.24) is 0 Å². The van der Waals surface area contributed by atoms with Crippen LogP contribution in [0.15, 0.2) is 59.7 Å². The lowest BCUT2D eigenvalue weighted by Crippen LogP contribution is -2.55. The number of Topliss-reactive ketones (excluding diaryl/α,β-unsaturated/α-hetero) is 1. The summed E-state index contributed by atoms with van der Waals surface area (Å²) in [6.07, 6.45) is 0. The molecule has 8 heteroatoms. The summed E-state index contributed by atoms with van der Waals surface area (Å²) >= 11 is 5.95. The molecule has 7 nitrogen and oxygen atoms in total. The maximum Gasteiger partial charge on any atom is 0.338 e. The second-order valence-corrected chi connectivity index (χ2v) is 6.62. The number of ketones is 1. The van der Waals surface area contributed by atoms with Gasteiger partial charge in [-0.25, -0.2) is 4.79 Å². The Morgan fingerprint density at radius 3 is 2.54 bits per heavy atom. The lowest BCUT2D eigenvalue weighted by Gasteiger charge is -2.31. The van der Waals surface area contributed by atoms with Gasteiger partial charge in [0, 0.05) is 10.7 Å². The first-order valence-electron chi connectivity index (χ1n) is 8.60. The number of ether oxygens (including phenoxy) is 1. The second-order valence-electron chi connectivity index (χ2n) is 6.18. The third kappa shape index (κ3) is 3.36. The van der Waals surface area contributed by atoms with Gasteiger partial charge in [0.2, 0.25) is 0 Å². The van der Waals surface area contributed by atoms with E-state index in [2.05, 4.69) is 10.5 Å². The lowest BCUT2D eigenvalue weighted by atomic mass is 9.95. The standard InChI is InChI=1S/C20H18ClN3O4/c1-3-28-19(27)20(2)17(23-22-14-9-7-8-13(21)12-14)16(25)18(26)24(20)15-10-5-4-6-11-15/h4-12,22H,3H2,1-2H3/b23-17+/t20-/m1/s1. The minimum Gasteiger partial charge on any atom is -0.464 e. The summed E-state index contributed by atoms with van der Waals surface area (Å²) < 4.78 is 5.16. The lowest BCUT2D eigenvalue weighted by molar-refractivity contribution is -0.147. The van der Waals surface area contributed by atoms with Crippen molar-refractivity contribution in [3.05, 3.63) is 59.6 Å². The zero-order chi connectivity index (χ0) is 20.3. The molecule has 3 rings (SSSR count). The van der Waals surface area contributed by atoms with E-state index in [1.807, 2.05) is 0 Å². The summed E-state index contributed by atoms with van der Waals surface area (Å²) in [6, 6.07) is 15.1. The summed E-state index contributed by atoms with van der Waals surface area (Å²) in [6.45, 7) is 3.18. The summed E-state index contributed by atoms with van der Waals surface area (Å²) in [5.41, 5.74) is 1.63. The van der Waals surface area contributed by atoms with Crippen LogP contribution in [0.25, 0.3) is 0 Å². The smallest absolute Gasteiger partial charge is 0.338 e. The number of amides is 1. The molecule has 0 spiro atoms. The van der Waals surface area contributed by atoms with Crippen molar-refractivity contribution in [2.24, 2.45) is 5.10 Å². The average Bonchev–Trinajstić information content (AvgIpc) is 2.88. The molecular formula is C20H18ClN3O4. The van der Waals surface area contributed by atoms with E-state index in [0.717, 1.165) is 4.90 Å². The molecule has 0 unspecified atom stereocenters. The Labute approximate surface area is 166 Å². The minimum atomic E-state index is -1.71. The van der Waals surface area contributed by atoms with Gasteiger partial charge in [0.1, 0.15) is 0 Å². The topological polar surface area (TPSA) is 88.1 Å². The van der Waals surface area contributed by atoms with E-state index in [-0.39, 0.29) is 12.3 Å². The number of hydrazone groups is 1. The molecule has 1 fully saturated rings. The van der Waals surface area contributed by atoms with Crippen LogP contribution in [0, 0.1) is 0 Å². The maximum atomic E-state index is 12.8. The molecule has 1 N–H and O–H groups in total. The first-order chi connectivity index (χ1) is 13.4. The van der Waals surface area contributed by atoms with E-state index >= 15 is 0 Å². The molecule has 2 aromatic carbocycles. The van der Waals surface area contributed by atoms with Crippen LogP contribution in [0.4, 0.5) is 11.4 Å². The van der Waals surface area contributed by atoms with Crippen LogP contribution in [-0.4, -0.2) is 35.5 Å². The molecule has 0 aliphatic carbocycles. The van der Waals surface area contributed by atoms with Crippen LogP contribution in [0.3, 0.4) is 0 Å². The van der Waals surface area contributed by atoms with Gasteiger partial charge in [0.25, 0.3) is 5.78 Å². The fourth-order valence-electron chi connectivity index (χ4n) is 2.98. The minimum absolute atomic E-state index is 0.0917. The molecule has 1 aliphatic heterocycles. The Morgan fingerprint density at radius 2 is 1.89 bits per heavy atom. The Bertz CT molecular complexity index is 961. The van der Waals surface area contributed by atoms with Gasteiger partial charge in [-0.1, -0.05) is 35.9 Å². The zero-order valence-corrected chi connectivity index (χ0v) is 16.1. The highest BCUT2D eigenvalue weighted by atomic mass is 35.5. The zero-order valence-electron chi connectivity index (χ0n) is 15.3. The van der Waals surface area contributed by atoms with E-state index in [4.69, 9.17) is 16.3 Å². The monoisotopic (exact) mass is 399 g/mol. The van der Waals surface area contributed by atoms with Gasteiger partial charge < -0.3 is 4.74 Å². The van der Waals surface area contributed by atoms with Crippen LogP contribution in [0.1, 0.15) is 13.8 Å². The fourth-order valence-corrected chi connectivity index (χ4v) is 3.17. The van der Waals surface area contributed by atoms with Gasteiger partial charge in [0.15, 0.2) is 11.3 Å². The second kappa shape index (κ2) is 7.82. The number of nitrogens with zero attached hydrogens (tertiary/aromatic N) is 2. The average molecular weight is 400 g/mol. The number of carbonyl (C=O) groups excluding carboxylic acids is 3. The molecule has 0 radical (unpaired) electrons. The Morgan fingerprint density at radius 1 is 1.18 bits per heavy atom. The third-order valence-corrected chi connectivity index (χ3v) is 4.56. The highest BCUT2D eigenvalue weighted by molar-refractivity contribution is 6.75. The molecule has 1 heterocycles. The van der Waals surface area contributed by atoms with Gasteiger partial charge >= 0.3 is 11.9 Å². The number of esters is 1. The number of benzene rings is 2. The van der Waals surface area contributed by atoms with Gasteiger partial charge in [0.05, 0.1) is 12.3 Å². The highest BCUT2D eigenvalue weighted by Gasteiger charge is 2.60. The quantitative estimate of drug-likeness (QED) is 0.474. The molecular weight excluding hydrogens is 382 g/mol. The molecule has 2 aromatic rings. The summed E-state index contributed by atoms with van der Waals surface area (Å²) in [5, 5.41) is 4.56. The van der Waals surface area contributed by atoms with E-state index < -0.39 is 23.2 Å². The Kier molecular flexibility index (Phi) is 5.46. The molecule has 28 heavy (non-hydrogen) atoms. The summed E-state index contributed by atoms with van der Waals surface area (Å²) in [5.74, 6) is -2.48. The predicted octanol–water partition coefficient (Wildman–Crippen LogP) is 3.05. The van der Waals surface area contributed by atoms with Crippen molar-refractivity contribution in [2.45, 2.75) is 19.4 Å². The first-order valence-corrected chi connectivity index (χ1v) is 8.98. The van der Waals surface area contributed by atoms with Gasteiger partial charge in [-0.15, -0.1) is 0 Å². The number of halogens is 1. The van der Waals surface area contributed by atoms with Crippen molar-refractivity contribution in [2.75, 3.05) is 16.9 Å². The number of rotatable bonds is 5. The first kappa shape index (κ1) is 19.6. The van der Waals surface area contributed by atoms with Crippen molar-refractivity contribution in [3.63, 3.8) is 0 Å². The van der Waals surface area contributed by atoms with E-state index in [9.17, 15) is 14.4 Å². The number of nitrogens with one attached hydrogen (secondary N) is 1. The highest BCUT2D eigenvalue weighted by Crippen LogP contribution is 2.33. The van der Waals surface area contributed by atoms with Crippen LogP contribution in [0.2, 0.25) is 5.02 Å². The maximum absolute atomic E-state index is 12.8. The summed E-state index contributed by atoms with van der Waals surface area (Å²) in [4.78, 5) is 39.4. The Balaban J connectivity index is 2.09. The predicted molar refractivity (Wildman–Crippen MR) is 106 cm³/mol. The van der Waals surface area contributed by atoms with Crippen molar-refractivity contribution < 1.29 is 19.1 Å². The largest absolute Gasteiger partial charge is 0.464 e. The molecule has 0 saturated carbocycles. The van der Waals surface area contributed by atoms with Gasteiger partial charge in [-0.05, 0) is 44.2 Å².